The molecule has 0 aliphatic carbocycles. The maximum absolute atomic E-state index is 12.4. The Kier molecular flexibility index (Phi) is 20.7. The van der Waals surface area contributed by atoms with Gasteiger partial charge in [0.1, 0.15) is 24.7 Å². The second-order valence-corrected chi connectivity index (χ2v) is 12.0. The maximum atomic E-state index is 12.4. The number of nitrogens with zero attached hydrogens (tertiary/aromatic N) is 3. The summed E-state index contributed by atoms with van der Waals surface area (Å²) >= 11 is 0. The number of hydrogen-bond donors (Lipinski definition) is 5. The molecule has 0 radical (unpaired) electrons. The van der Waals surface area contributed by atoms with Gasteiger partial charge in [-0.25, -0.2) is 4.79 Å². The predicted molar refractivity (Wildman–Crippen MR) is 202 cm³/mol. The van der Waals surface area contributed by atoms with E-state index in [9.17, 15) is 29.1 Å². The quantitative estimate of drug-likeness (QED) is 0.0178. The molecular formula is C38H47N7O11. The topological polar surface area (TPSA) is 263 Å². The van der Waals surface area contributed by atoms with Gasteiger partial charge >= 0.3 is 5.97 Å². The number of phenols is 1. The number of aromatic hydroxyl groups is 1. The third-order valence-electron chi connectivity index (χ3n) is 7.63. The Morgan fingerprint density at radius 2 is 1.32 bits per heavy atom. The minimum absolute atomic E-state index is 0.0994. The molecule has 3 rings (SSSR count). The fraction of sp³-hybridized carbons (Fsp3) is 0.395. The molecule has 0 aliphatic rings. The van der Waals surface area contributed by atoms with E-state index in [4.69, 9.17) is 34.9 Å². The number of phenolic OH excluding ortho intramolecular Hbond substituents is 1. The van der Waals surface area contributed by atoms with Gasteiger partial charge in [0.25, 0.3) is 5.91 Å². The van der Waals surface area contributed by atoms with Crippen LogP contribution in [0.1, 0.15) is 39.1 Å². The van der Waals surface area contributed by atoms with Crippen molar-refractivity contribution in [2.75, 3.05) is 72.5 Å². The molecule has 0 saturated carbocycles. The summed E-state index contributed by atoms with van der Waals surface area (Å²) in [5, 5.41) is 21.1. The van der Waals surface area contributed by atoms with E-state index in [0.717, 1.165) is 5.56 Å². The molecule has 56 heavy (non-hydrogen) atoms. The van der Waals surface area contributed by atoms with E-state index in [1.54, 1.807) is 24.3 Å². The molecule has 3 aromatic rings. The van der Waals surface area contributed by atoms with Crippen molar-refractivity contribution in [2.45, 2.75) is 25.3 Å². The lowest BCUT2D eigenvalue weighted by Crippen LogP contribution is -2.45. The highest BCUT2D eigenvalue weighted by molar-refractivity contribution is 5.95. The Morgan fingerprint density at radius 3 is 1.93 bits per heavy atom. The number of esters is 1. The SMILES string of the molecule is [N-]=[N+]=Nc1ccc(C(=O)Oc2ccc(C(=O)NCCCOCCOCCOCCCNC(=O)COCC(=O)CN[C@@H](Cc3ccc(O)cc3)C(N)=O)cc2)cc1. The molecule has 18 nitrogen and oxygen atoms in total. The van der Waals surface area contributed by atoms with Gasteiger partial charge in [0.15, 0.2) is 5.78 Å². The Morgan fingerprint density at radius 1 is 0.732 bits per heavy atom. The van der Waals surface area contributed by atoms with Gasteiger partial charge in [-0.3, -0.25) is 24.5 Å². The normalized spacial score (nSPS) is 11.2. The van der Waals surface area contributed by atoms with E-state index < -0.39 is 17.9 Å². The van der Waals surface area contributed by atoms with Gasteiger partial charge in [0.2, 0.25) is 11.8 Å². The number of rotatable bonds is 28. The van der Waals surface area contributed by atoms with Crippen LogP contribution < -0.4 is 26.4 Å². The summed E-state index contributed by atoms with van der Waals surface area (Å²) in [4.78, 5) is 63.2. The number of nitrogens with two attached hydrogens (primary N) is 1. The molecule has 0 aromatic heterocycles. The average molecular weight is 778 g/mol. The minimum atomic E-state index is -0.783. The second-order valence-electron chi connectivity index (χ2n) is 12.0. The van der Waals surface area contributed by atoms with Crippen molar-refractivity contribution in [2.24, 2.45) is 10.8 Å². The van der Waals surface area contributed by atoms with Crippen LogP contribution >= 0.6 is 0 Å². The van der Waals surface area contributed by atoms with Gasteiger partial charge in [0, 0.05) is 42.5 Å². The Bertz CT molecular complexity index is 1730. The number of hydrogen-bond acceptors (Lipinski definition) is 13. The number of carbonyl (C=O) groups is 5. The summed E-state index contributed by atoms with van der Waals surface area (Å²) in [6.45, 7) is 2.39. The highest BCUT2D eigenvalue weighted by atomic mass is 16.5. The van der Waals surface area contributed by atoms with E-state index in [1.807, 2.05) is 0 Å². The van der Waals surface area contributed by atoms with E-state index >= 15 is 0 Å². The monoisotopic (exact) mass is 777 g/mol. The van der Waals surface area contributed by atoms with Crippen LogP contribution in [0.25, 0.3) is 10.4 Å². The minimum Gasteiger partial charge on any atom is -0.508 e. The van der Waals surface area contributed by atoms with Crippen LogP contribution in [-0.4, -0.2) is 113 Å². The van der Waals surface area contributed by atoms with Gasteiger partial charge in [-0.2, -0.15) is 0 Å². The molecule has 3 amide bonds. The van der Waals surface area contributed by atoms with Crippen LogP contribution in [0.15, 0.2) is 77.9 Å². The predicted octanol–water partition coefficient (Wildman–Crippen LogP) is 2.50. The largest absolute Gasteiger partial charge is 0.508 e. The zero-order valence-electron chi connectivity index (χ0n) is 30.9. The molecule has 1 atom stereocenters. The van der Waals surface area contributed by atoms with Crippen molar-refractivity contribution in [1.29, 1.82) is 0 Å². The lowest BCUT2D eigenvalue weighted by atomic mass is 10.1. The third-order valence-corrected chi connectivity index (χ3v) is 7.63. The number of primary amides is 1. The van der Waals surface area contributed by atoms with Crippen molar-refractivity contribution in [1.82, 2.24) is 16.0 Å². The zero-order valence-corrected chi connectivity index (χ0v) is 30.9. The summed E-state index contributed by atoms with van der Waals surface area (Å²) in [6.07, 6.45) is 1.42. The summed E-state index contributed by atoms with van der Waals surface area (Å²) in [5.74, 6) is -1.83. The van der Waals surface area contributed by atoms with Crippen molar-refractivity contribution >= 4 is 35.2 Å². The number of carbonyl (C=O) groups excluding carboxylic acids is 5. The van der Waals surface area contributed by atoms with Crippen LogP contribution in [0.5, 0.6) is 11.5 Å². The molecule has 0 bridgehead atoms. The molecule has 0 unspecified atom stereocenters. The van der Waals surface area contributed by atoms with E-state index in [0.29, 0.717) is 76.8 Å². The molecule has 0 fully saturated rings. The molecular weight excluding hydrogens is 730 g/mol. The standard InChI is InChI=1S/C38H47N7O11/c39-36(49)34(23-27-3-11-31(46)12-4-27)43-24-32(47)25-55-26-35(48)41-15-1-17-52-19-21-54-22-20-53-18-2-16-42-37(50)28-7-13-33(14-8-28)56-38(51)29-5-9-30(10-6-29)44-45-40/h3-14,34,43,46H,1-2,15-26H2,(H2,39,49)(H,41,48)(H,42,50)/t34-/m0/s1. The van der Waals surface area contributed by atoms with Crippen LogP contribution in [0.2, 0.25) is 0 Å². The van der Waals surface area contributed by atoms with Crippen LogP contribution in [0.3, 0.4) is 0 Å². The van der Waals surface area contributed by atoms with Crippen LogP contribution in [-0.2, 0) is 39.8 Å². The molecule has 0 aliphatic heterocycles. The maximum Gasteiger partial charge on any atom is 0.343 e. The fourth-order valence-corrected chi connectivity index (χ4v) is 4.72. The molecule has 6 N–H and O–H groups in total. The first-order valence-electron chi connectivity index (χ1n) is 17.8. The highest BCUT2D eigenvalue weighted by Crippen LogP contribution is 2.17. The van der Waals surface area contributed by atoms with Crippen molar-refractivity contribution in [3.05, 3.63) is 99.9 Å². The average Bonchev–Trinajstić information content (AvgIpc) is 3.19. The number of ether oxygens (including phenoxy) is 5. The summed E-state index contributed by atoms with van der Waals surface area (Å²) in [5.41, 5.74) is 15.7. The zero-order chi connectivity index (χ0) is 40.4. The number of azide groups is 1. The summed E-state index contributed by atoms with van der Waals surface area (Å²) in [7, 11) is 0. The molecule has 300 valence electrons. The number of ketones is 1. The van der Waals surface area contributed by atoms with Crippen LogP contribution in [0, 0.1) is 0 Å². The number of amides is 3. The van der Waals surface area contributed by atoms with Gasteiger partial charge < -0.3 is 45.2 Å². The molecule has 3 aromatic carbocycles. The Hall–Kier alpha value is -5.88. The molecule has 0 spiro atoms. The lowest BCUT2D eigenvalue weighted by Gasteiger charge is -2.15. The molecule has 18 heteroatoms. The van der Waals surface area contributed by atoms with Crippen molar-refractivity contribution < 1.29 is 52.8 Å². The first kappa shape index (κ1) is 44.5. The number of nitrogens with one attached hydrogen (secondary N) is 3. The van der Waals surface area contributed by atoms with Gasteiger partial charge in [0.05, 0.1) is 44.6 Å². The molecule has 0 saturated heterocycles. The Balaban J connectivity index is 1.09. The number of benzene rings is 3. The second kappa shape index (κ2) is 26.0. The van der Waals surface area contributed by atoms with Crippen molar-refractivity contribution in [3.8, 4) is 11.5 Å². The summed E-state index contributed by atoms with van der Waals surface area (Å²) < 4.78 is 27.0. The van der Waals surface area contributed by atoms with Gasteiger partial charge in [-0.1, -0.05) is 29.4 Å². The van der Waals surface area contributed by atoms with E-state index in [2.05, 4.69) is 26.0 Å². The van der Waals surface area contributed by atoms with Crippen LogP contribution in [0.4, 0.5) is 5.69 Å². The smallest absolute Gasteiger partial charge is 0.343 e. The first-order chi connectivity index (χ1) is 27.1. The third kappa shape index (κ3) is 18.4. The fourth-order valence-electron chi connectivity index (χ4n) is 4.72. The van der Waals surface area contributed by atoms with Gasteiger partial charge in [-0.15, -0.1) is 0 Å². The molecule has 0 heterocycles. The lowest BCUT2D eigenvalue weighted by molar-refractivity contribution is -0.129. The summed E-state index contributed by atoms with van der Waals surface area (Å²) in [6, 6.07) is 17.7. The van der Waals surface area contributed by atoms with E-state index in [1.165, 1.54) is 48.5 Å². The van der Waals surface area contributed by atoms with E-state index in [-0.39, 0.29) is 60.8 Å². The van der Waals surface area contributed by atoms with Crippen molar-refractivity contribution in [3.63, 3.8) is 0 Å². The highest BCUT2D eigenvalue weighted by Gasteiger charge is 2.17. The van der Waals surface area contributed by atoms with Gasteiger partial charge in [-0.05, 0) is 78.9 Å². The first-order valence-corrected chi connectivity index (χ1v) is 17.8. The Labute approximate surface area is 323 Å². The number of Topliss-reactive ketones (excluding diaryl/α,β-unsaturated/α-hetero) is 1.